The number of thiocarbonyl (C=S) groups is 1. The molecule has 0 aromatic carbocycles. The third-order valence-electron chi connectivity index (χ3n) is 2.31. The molecule has 5 nitrogen and oxygen atoms in total. The van der Waals surface area contributed by atoms with Crippen LogP contribution in [-0.4, -0.2) is 54.8 Å². The molecular formula is C10H18N2O3S. The van der Waals surface area contributed by atoms with Crippen molar-refractivity contribution < 1.29 is 14.3 Å². The highest BCUT2D eigenvalue weighted by molar-refractivity contribution is 7.80. The number of hydrogen-bond acceptors (Lipinski definition) is 4. The number of carbonyl (C=O) groups is 1. The Bertz CT molecular complexity index is 260. The second kappa shape index (κ2) is 6.78. The summed E-state index contributed by atoms with van der Waals surface area (Å²) >= 11 is 4.84. The van der Waals surface area contributed by atoms with Crippen molar-refractivity contribution in [2.45, 2.75) is 19.4 Å². The van der Waals surface area contributed by atoms with Crippen LogP contribution in [0.5, 0.6) is 0 Å². The average Bonchev–Trinajstić information content (AvgIpc) is 2.29. The largest absolute Gasteiger partial charge is 0.391 e. The molecule has 1 rings (SSSR count). The van der Waals surface area contributed by atoms with Crippen LogP contribution >= 0.6 is 12.2 Å². The maximum Gasteiger partial charge on any atom is 0.248 e. The lowest BCUT2D eigenvalue weighted by molar-refractivity contribution is -0.141. The minimum absolute atomic E-state index is 0.0296. The van der Waals surface area contributed by atoms with Crippen LogP contribution in [0.3, 0.4) is 0 Å². The molecule has 16 heavy (non-hydrogen) atoms. The van der Waals surface area contributed by atoms with Gasteiger partial charge in [-0.05, 0) is 6.42 Å². The smallest absolute Gasteiger partial charge is 0.248 e. The fraction of sp³-hybridized carbons (Fsp3) is 0.800. The molecule has 1 fully saturated rings. The van der Waals surface area contributed by atoms with Gasteiger partial charge in [0.05, 0.1) is 13.2 Å². The Morgan fingerprint density at radius 3 is 3.06 bits per heavy atom. The number of nitrogens with zero attached hydrogens (tertiary/aromatic N) is 1. The van der Waals surface area contributed by atoms with E-state index in [1.54, 1.807) is 4.90 Å². The molecule has 0 radical (unpaired) electrons. The molecule has 1 saturated heterocycles. The highest BCUT2D eigenvalue weighted by Crippen LogP contribution is 2.06. The molecule has 2 N–H and O–H groups in total. The van der Waals surface area contributed by atoms with E-state index < -0.39 is 0 Å². The van der Waals surface area contributed by atoms with Gasteiger partial charge in [0, 0.05) is 13.2 Å². The van der Waals surface area contributed by atoms with Crippen LogP contribution in [0.25, 0.3) is 0 Å². The van der Waals surface area contributed by atoms with Crippen molar-refractivity contribution in [1.29, 1.82) is 0 Å². The number of carbonyl (C=O) groups excluding carboxylic acids is 1. The summed E-state index contributed by atoms with van der Waals surface area (Å²) in [5.41, 5.74) is 5.49. The molecule has 92 valence electrons. The van der Waals surface area contributed by atoms with Gasteiger partial charge in [-0.3, -0.25) is 4.79 Å². The molecule has 0 saturated carbocycles. The Hall–Kier alpha value is -0.720. The van der Waals surface area contributed by atoms with Crippen LogP contribution in [0, 0.1) is 0 Å². The molecule has 0 aromatic heterocycles. The molecule has 1 heterocycles. The molecule has 0 spiro atoms. The van der Waals surface area contributed by atoms with Crippen molar-refractivity contribution in [3.8, 4) is 0 Å². The Kier molecular flexibility index (Phi) is 5.65. The van der Waals surface area contributed by atoms with Gasteiger partial charge in [0.2, 0.25) is 5.91 Å². The lowest BCUT2D eigenvalue weighted by Gasteiger charge is -2.32. The molecule has 0 aliphatic carbocycles. The van der Waals surface area contributed by atoms with Crippen molar-refractivity contribution in [1.82, 2.24) is 4.90 Å². The highest BCUT2D eigenvalue weighted by Gasteiger charge is 2.25. The third kappa shape index (κ3) is 4.03. The Morgan fingerprint density at radius 1 is 1.69 bits per heavy atom. The van der Waals surface area contributed by atoms with Crippen molar-refractivity contribution in [2.75, 3.05) is 32.9 Å². The van der Waals surface area contributed by atoms with Crippen LogP contribution in [0.1, 0.15) is 13.3 Å². The van der Waals surface area contributed by atoms with Crippen LogP contribution in [0.4, 0.5) is 0 Å². The average molecular weight is 246 g/mol. The zero-order valence-corrected chi connectivity index (χ0v) is 10.3. The molecule has 6 heteroatoms. The van der Waals surface area contributed by atoms with Crippen LogP contribution in [0.2, 0.25) is 0 Å². The van der Waals surface area contributed by atoms with Gasteiger partial charge in [0.25, 0.3) is 0 Å². The lowest BCUT2D eigenvalue weighted by Crippen LogP contribution is -2.50. The predicted molar refractivity (Wildman–Crippen MR) is 64.2 cm³/mol. The van der Waals surface area contributed by atoms with Crippen molar-refractivity contribution >= 4 is 23.1 Å². The van der Waals surface area contributed by atoms with Crippen LogP contribution in [-0.2, 0) is 14.3 Å². The molecule has 0 bridgehead atoms. The van der Waals surface area contributed by atoms with Gasteiger partial charge in [-0.2, -0.15) is 0 Å². The van der Waals surface area contributed by atoms with Gasteiger partial charge >= 0.3 is 0 Å². The van der Waals surface area contributed by atoms with Crippen molar-refractivity contribution in [3.05, 3.63) is 0 Å². The summed E-state index contributed by atoms with van der Waals surface area (Å²) in [7, 11) is 0. The quantitative estimate of drug-likeness (QED) is 0.543. The molecule has 1 atom stereocenters. The van der Waals surface area contributed by atoms with Gasteiger partial charge in [0.1, 0.15) is 17.7 Å². The Balaban J connectivity index is 2.35. The molecule has 1 aliphatic heterocycles. The summed E-state index contributed by atoms with van der Waals surface area (Å²) in [6.07, 6.45) is 0.588. The number of rotatable bonds is 5. The molecule has 1 aliphatic rings. The zero-order chi connectivity index (χ0) is 12.0. The van der Waals surface area contributed by atoms with E-state index in [-0.39, 0.29) is 18.6 Å². The molecule has 1 amide bonds. The van der Waals surface area contributed by atoms with Gasteiger partial charge < -0.3 is 20.1 Å². The van der Waals surface area contributed by atoms with E-state index in [2.05, 4.69) is 0 Å². The summed E-state index contributed by atoms with van der Waals surface area (Å²) in [5.74, 6) is -0.0296. The van der Waals surface area contributed by atoms with E-state index in [0.29, 0.717) is 31.3 Å². The summed E-state index contributed by atoms with van der Waals surface area (Å²) in [4.78, 5) is 13.7. The fourth-order valence-corrected chi connectivity index (χ4v) is 1.59. The van der Waals surface area contributed by atoms with E-state index in [4.69, 9.17) is 27.4 Å². The molecule has 0 aromatic rings. The zero-order valence-electron chi connectivity index (χ0n) is 9.48. The van der Waals surface area contributed by atoms with Gasteiger partial charge in [-0.25, -0.2) is 0 Å². The number of amides is 1. The topological polar surface area (TPSA) is 64.8 Å². The maximum absolute atomic E-state index is 11.7. The third-order valence-corrected chi connectivity index (χ3v) is 2.57. The highest BCUT2D eigenvalue weighted by atomic mass is 32.1. The summed E-state index contributed by atoms with van der Waals surface area (Å²) in [5, 5.41) is 0. The van der Waals surface area contributed by atoms with Crippen molar-refractivity contribution in [3.63, 3.8) is 0 Å². The second-order valence-electron chi connectivity index (χ2n) is 3.65. The number of nitrogens with two attached hydrogens (primary N) is 1. The monoisotopic (exact) mass is 246 g/mol. The molecular weight excluding hydrogens is 228 g/mol. The standard InChI is InChI=1S/C10H18N2O3S/c1-2-4-14-7-9(13)12-3-5-15-8(6-12)10(11)16/h8H,2-7H2,1H3,(H2,11,16). The van der Waals surface area contributed by atoms with Crippen LogP contribution < -0.4 is 5.73 Å². The first kappa shape index (κ1) is 13.3. The fourth-order valence-electron chi connectivity index (χ4n) is 1.44. The minimum atomic E-state index is -0.320. The van der Waals surface area contributed by atoms with Crippen molar-refractivity contribution in [2.24, 2.45) is 5.73 Å². The van der Waals surface area contributed by atoms with E-state index in [1.807, 2.05) is 6.92 Å². The number of ether oxygens (including phenoxy) is 2. The summed E-state index contributed by atoms with van der Waals surface area (Å²) < 4.78 is 10.5. The maximum atomic E-state index is 11.7. The van der Waals surface area contributed by atoms with Gasteiger partial charge in [-0.15, -0.1) is 0 Å². The summed E-state index contributed by atoms with van der Waals surface area (Å²) in [6.45, 7) is 4.22. The lowest BCUT2D eigenvalue weighted by atomic mass is 10.2. The van der Waals surface area contributed by atoms with E-state index in [0.717, 1.165) is 6.42 Å². The Labute approximate surface area is 101 Å². The van der Waals surface area contributed by atoms with Gasteiger partial charge in [-0.1, -0.05) is 19.1 Å². The first-order valence-corrected chi connectivity index (χ1v) is 5.82. The predicted octanol–water partition coefficient (Wildman–Crippen LogP) is -0.0735. The second-order valence-corrected chi connectivity index (χ2v) is 4.13. The number of hydrogen-bond donors (Lipinski definition) is 1. The SMILES string of the molecule is CCCOCC(=O)N1CCOC(C(N)=S)C1. The first-order valence-electron chi connectivity index (χ1n) is 5.41. The minimum Gasteiger partial charge on any atom is -0.391 e. The Morgan fingerprint density at radius 2 is 2.44 bits per heavy atom. The molecule has 1 unspecified atom stereocenters. The van der Waals surface area contributed by atoms with Gasteiger partial charge in [0.15, 0.2) is 0 Å². The summed E-state index contributed by atoms with van der Waals surface area (Å²) in [6, 6.07) is 0. The normalized spacial score (nSPS) is 20.8. The van der Waals surface area contributed by atoms with E-state index >= 15 is 0 Å². The van der Waals surface area contributed by atoms with Crippen LogP contribution in [0.15, 0.2) is 0 Å². The van der Waals surface area contributed by atoms with E-state index in [1.165, 1.54) is 0 Å². The number of morpholine rings is 1. The van der Waals surface area contributed by atoms with E-state index in [9.17, 15) is 4.79 Å². The first-order chi connectivity index (χ1) is 7.65.